The molecule has 1 N–H and O–H groups in total. The van der Waals surface area contributed by atoms with Gasteiger partial charge in [0.25, 0.3) is 0 Å². The highest BCUT2D eigenvalue weighted by Crippen LogP contribution is 2.23. The molecule has 0 bridgehead atoms. The van der Waals surface area contributed by atoms with Crippen molar-refractivity contribution in [2.75, 3.05) is 38.1 Å². The van der Waals surface area contributed by atoms with Crippen LogP contribution in [0.1, 0.15) is 0 Å². The maximum Gasteiger partial charge on any atom is 0.137 e. The molecule has 5 nitrogen and oxygen atoms in total. The van der Waals surface area contributed by atoms with E-state index in [-0.39, 0.29) is 0 Å². The van der Waals surface area contributed by atoms with Crippen LogP contribution in [-0.4, -0.2) is 53.1 Å². The van der Waals surface area contributed by atoms with E-state index in [2.05, 4.69) is 50.0 Å². The van der Waals surface area contributed by atoms with Gasteiger partial charge in [-0.2, -0.15) is 0 Å². The van der Waals surface area contributed by atoms with Crippen LogP contribution in [0.2, 0.25) is 0 Å². The number of nitrogens with zero attached hydrogens (tertiary/aromatic N) is 4. The number of hydrogen-bond acceptors (Lipinski definition) is 4. The van der Waals surface area contributed by atoms with Crippen LogP contribution in [0.4, 0.5) is 5.82 Å². The average molecular weight is 293 g/mol. The highest BCUT2D eigenvalue weighted by molar-refractivity contribution is 5.81. The van der Waals surface area contributed by atoms with E-state index in [1.807, 2.05) is 24.7 Å². The number of piperazine rings is 1. The number of nitrogens with one attached hydrogen (secondary N) is 1. The summed E-state index contributed by atoms with van der Waals surface area (Å²) in [6.45, 7) is 4.27. The highest BCUT2D eigenvalue weighted by atomic mass is 15.3. The second-order valence-electron chi connectivity index (χ2n) is 5.83. The first-order chi connectivity index (χ1) is 10.8. The van der Waals surface area contributed by atoms with E-state index in [1.165, 1.54) is 0 Å². The topological polar surface area (TPSA) is 48.0 Å². The number of aromatic nitrogens is 3. The predicted molar refractivity (Wildman–Crippen MR) is 89.0 cm³/mol. The second kappa shape index (κ2) is 5.42. The molecule has 0 atom stereocenters. The Kier molecular flexibility index (Phi) is 3.27. The number of rotatable bonds is 2. The van der Waals surface area contributed by atoms with Gasteiger partial charge in [-0.3, -0.25) is 0 Å². The lowest BCUT2D eigenvalue weighted by Gasteiger charge is -2.33. The van der Waals surface area contributed by atoms with Gasteiger partial charge in [0.15, 0.2) is 0 Å². The fraction of sp³-hybridized carbons (Fsp3) is 0.294. The monoisotopic (exact) mass is 293 g/mol. The van der Waals surface area contributed by atoms with Crippen LogP contribution in [0.15, 0.2) is 42.9 Å². The maximum absolute atomic E-state index is 4.64. The Morgan fingerprint density at radius 1 is 0.955 bits per heavy atom. The Labute approximate surface area is 129 Å². The molecule has 3 aromatic heterocycles. The van der Waals surface area contributed by atoms with Crippen molar-refractivity contribution in [2.45, 2.75) is 0 Å². The van der Waals surface area contributed by atoms with Crippen molar-refractivity contribution in [1.29, 1.82) is 0 Å². The SMILES string of the molecule is CN1CCN(c2ccc(-c3cnc4[nH]ccc4c3)cn2)CC1. The van der Waals surface area contributed by atoms with Crippen molar-refractivity contribution in [3.63, 3.8) is 0 Å². The summed E-state index contributed by atoms with van der Waals surface area (Å²) in [5, 5.41) is 1.13. The Hall–Kier alpha value is -2.40. The van der Waals surface area contributed by atoms with Gasteiger partial charge < -0.3 is 14.8 Å². The summed E-state index contributed by atoms with van der Waals surface area (Å²) in [5.41, 5.74) is 3.13. The van der Waals surface area contributed by atoms with Gasteiger partial charge in [0.2, 0.25) is 0 Å². The zero-order valence-corrected chi connectivity index (χ0v) is 12.7. The molecule has 4 rings (SSSR count). The van der Waals surface area contributed by atoms with Gasteiger partial charge in [0.05, 0.1) is 0 Å². The van der Waals surface area contributed by atoms with E-state index in [9.17, 15) is 0 Å². The lowest BCUT2D eigenvalue weighted by Crippen LogP contribution is -2.44. The zero-order valence-electron chi connectivity index (χ0n) is 12.7. The Morgan fingerprint density at radius 2 is 1.77 bits per heavy atom. The number of anilines is 1. The maximum atomic E-state index is 4.64. The van der Waals surface area contributed by atoms with Crippen LogP contribution in [0.3, 0.4) is 0 Å². The second-order valence-corrected chi connectivity index (χ2v) is 5.83. The van der Waals surface area contributed by atoms with Crippen molar-refractivity contribution in [1.82, 2.24) is 19.9 Å². The van der Waals surface area contributed by atoms with Crippen LogP contribution in [-0.2, 0) is 0 Å². The minimum atomic E-state index is 0.922. The lowest BCUT2D eigenvalue weighted by molar-refractivity contribution is 0.312. The normalized spacial score (nSPS) is 16.3. The smallest absolute Gasteiger partial charge is 0.137 e. The Balaban J connectivity index is 1.58. The van der Waals surface area contributed by atoms with Crippen LogP contribution >= 0.6 is 0 Å². The highest BCUT2D eigenvalue weighted by Gasteiger charge is 2.15. The molecule has 5 heteroatoms. The Morgan fingerprint density at radius 3 is 2.55 bits per heavy atom. The molecule has 1 aliphatic heterocycles. The van der Waals surface area contributed by atoms with E-state index in [4.69, 9.17) is 0 Å². The van der Waals surface area contributed by atoms with Crippen molar-refractivity contribution >= 4 is 16.9 Å². The molecule has 0 spiro atoms. The summed E-state index contributed by atoms with van der Waals surface area (Å²) in [5.74, 6) is 1.06. The van der Waals surface area contributed by atoms with Gasteiger partial charge in [0, 0.05) is 61.3 Å². The fourth-order valence-corrected chi connectivity index (χ4v) is 2.88. The third-order valence-corrected chi connectivity index (χ3v) is 4.31. The summed E-state index contributed by atoms with van der Waals surface area (Å²) in [6.07, 6.45) is 5.75. The largest absolute Gasteiger partial charge is 0.354 e. The van der Waals surface area contributed by atoms with Gasteiger partial charge in [-0.15, -0.1) is 0 Å². The number of hydrogen-bond donors (Lipinski definition) is 1. The van der Waals surface area contributed by atoms with E-state index in [1.54, 1.807) is 0 Å². The quantitative estimate of drug-likeness (QED) is 0.788. The molecule has 0 aliphatic carbocycles. The molecular formula is C17H19N5. The van der Waals surface area contributed by atoms with Gasteiger partial charge in [-0.25, -0.2) is 9.97 Å². The molecule has 1 fully saturated rings. The molecule has 22 heavy (non-hydrogen) atoms. The third kappa shape index (κ3) is 2.44. The van der Waals surface area contributed by atoms with E-state index in [0.29, 0.717) is 0 Å². The molecule has 112 valence electrons. The average Bonchev–Trinajstić information content (AvgIpc) is 3.03. The molecule has 0 unspecified atom stereocenters. The van der Waals surface area contributed by atoms with Crippen LogP contribution in [0, 0.1) is 0 Å². The van der Waals surface area contributed by atoms with Crippen molar-refractivity contribution in [3.8, 4) is 11.1 Å². The van der Waals surface area contributed by atoms with E-state index in [0.717, 1.165) is 54.2 Å². The number of pyridine rings is 2. The van der Waals surface area contributed by atoms with E-state index >= 15 is 0 Å². The summed E-state index contributed by atoms with van der Waals surface area (Å²) in [7, 11) is 2.16. The van der Waals surface area contributed by atoms with Gasteiger partial charge >= 0.3 is 0 Å². The number of fused-ring (bicyclic) bond motifs is 1. The molecule has 0 saturated carbocycles. The lowest BCUT2D eigenvalue weighted by atomic mass is 10.1. The summed E-state index contributed by atoms with van der Waals surface area (Å²) < 4.78 is 0. The summed E-state index contributed by atoms with van der Waals surface area (Å²) >= 11 is 0. The predicted octanol–water partition coefficient (Wildman–Crippen LogP) is 2.38. The number of aromatic amines is 1. The summed E-state index contributed by atoms with van der Waals surface area (Å²) in [6, 6.07) is 8.43. The van der Waals surface area contributed by atoms with Gasteiger partial charge in [-0.1, -0.05) is 0 Å². The molecule has 0 radical (unpaired) electrons. The number of likely N-dealkylation sites (N-methyl/N-ethyl adjacent to an activating group) is 1. The van der Waals surface area contributed by atoms with Crippen molar-refractivity contribution in [3.05, 3.63) is 42.9 Å². The molecule has 0 aromatic carbocycles. The molecular weight excluding hydrogens is 274 g/mol. The third-order valence-electron chi connectivity index (χ3n) is 4.31. The van der Waals surface area contributed by atoms with E-state index < -0.39 is 0 Å². The van der Waals surface area contributed by atoms with Crippen molar-refractivity contribution in [2.24, 2.45) is 0 Å². The standard InChI is InChI=1S/C17H19N5/c1-21-6-8-22(9-7-21)16-3-2-14(11-19-16)15-10-13-4-5-18-17(13)20-12-15/h2-5,10-12H,6-9H2,1H3,(H,18,20). The fourth-order valence-electron chi connectivity index (χ4n) is 2.88. The summed E-state index contributed by atoms with van der Waals surface area (Å²) in [4.78, 5) is 16.9. The van der Waals surface area contributed by atoms with Gasteiger partial charge in [-0.05, 0) is 31.3 Å². The van der Waals surface area contributed by atoms with Gasteiger partial charge in [0.1, 0.15) is 11.5 Å². The minimum absolute atomic E-state index is 0.922. The first kappa shape index (κ1) is 13.3. The molecule has 1 aliphatic rings. The first-order valence-electron chi connectivity index (χ1n) is 7.63. The number of H-pyrrole nitrogens is 1. The van der Waals surface area contributed by atoms with Crippen molar-refractivity contribution < 1.29 is 0 Å². The van der Waals surface area contributed by atoms with Crippen LogP contribution in [0.5, 0.6) is 0 Å². The van der Waals surface area contributed by atoms with Crippen LogP contribution in [0.25, 0.3) is 22.2 Å². The zero-order chi connectivity index (χ0) is 14.9. The molecule has 4 heterocycles. The van der Waals surface area contributed by atoms with Crippen LogP contribution < -0.4 is 4.90 Å². The molecule has 0 amide bonds. The molecule has 1 saturated heterocycles. The first-order valence-corrected chi connectivity index (χ1v) is 7.63. The Bertz CT molecular complexity index is 769. The molecule has 3 aromatic rings. The minimum Gasteiger partial charge on any atom is -0.354 e.